The summed E-state index contributed by atoms with van der Waals surface area (Å²) in [6.45, 7) is 2.26. The van der Waals surface area contributed by atoms with Crippen LogP contribution >= 0.6 is 0 Å². The molecule has 0 heterocycles. The molecule has 34 heavy (non-hydrogen) atoms. The number of benzene rings is 2. The molecule has 0 N–H and O–H groups in total. The number of carbonyl (C=O) groups is 2. The van der Waals surface area contributed by atoms with Gasteiger partial charge in [0.2, 0.25) is 0 Å². The minimum absolute atomic E-state index is 0.0126. The highest BCUT2D eigenvalue weighted by atomic mass is 19.1. The van der Waals surface area contributed by atoms with Gasteiger partial charge in [-0.25, -0.2) is 14.0 Å². The summed E-state index contributed by atoms with van der Waals surface area (Å²) in [4.78, 5) is 24.9. The van der Waals surface area contributed by atoms with Crippen molar-refractivity contribution in [2.24, 2.45) is 17.8 Å². The molecule has 2 aliphatic carbocycles. The Labute approximate surface area is 201 Å². The highest BCUT2D eigenvalue weighted by molar-refractivity contribution is 5.92. The van der Waals surface area contributed by atoms with Crippen molar-refractivity contribution in [3.63, 3.8) is 0 Å². The SMILES string of the molecule is CCCCC[C@H]1CC[C@H]2C[C@H](OC(=O)c3ccc(OC(=O)c4ccc(F)cc4)cc3)CC[C@@H]2C1. The second-order valence-corrected chi connectivity index (χ2v) is 9.96. The first-order valence-corrected chi connectivity index (χ1v) is 12.8. The normalized spacial score (nSPS) is 24.2. The molecule has 0 aromatic heterocycles. The van der Waals surface area contributed by atoms with E-state index in [0.717, 1.165) is 31.1 Å². The van der Waals surface area contributed by atoms with E-state index in [1.54, 1.807) is 24.3 Å². The van der Waals surface area contributed by atoms with Crippen molar-refractivity contribution in [2.75, 3.05) is 0 Å². The van der Waals surface area contributed by atoms with Gasteiger partial charge in [0.25, 0.3) is 0 Å². The zero-order valence-corrected chi connectivity index (χ0v) is 20.0. The molecule has 2 aliphatic rings. The topological polar surface area (TPSA) is 52.6 Å². The fourth-order valence-corrected chi connectivity index (χ4v) is 5.63. The molecule has 2 aromatic carbocycles. The molecule has 0 radical (unpaired) electrons. The van der Waals surface area contributed by atoms with E-state index in [1.807, 2.05) is 0 Å². The Hall–Kier alpha value is -2.69. The highest BCUT2D eigenvalue weighted by Crippen LogP contribution is 2.44. The third kappa shape index (κ3) is 6.46. The van der Waals surface area contributed by atoms with Crippen LogP contribution in [0.5, 0.6) is 5.75 Å². The predicted octanol–water partition coefficient (Wildman–Crippen LogP) is 7.37. The molecule has 4 atom stereocenters. The van der Waals surface area contributed by atoms with E-state index in [1.165, 1.54) is 69.2 Å². The number of esters is 2. The number of unbranched alkanes of at least 4 members (excludes halogenated alkanes) is 2. The maximum Gasteiger partial charge on any atom is 0.343 e. The molecule has 4 nitrogen and oxygen atoms in total. The van der Waals surface area contributed by atoms with Crippen LogP contribution in [0, 0.1) is 23.6 Å². The Morgan fingerprint density at radius 3 is 2.21 bits per heavy atom. The van der Waals surface area contributed by atoms with Gasteiger partial charge in [-0.05, 0) is 98.4 Å². The third-order valence-corrected chi connectivity index (χ3v) is 7.54. The minimum Gasteiger partial charge on any atom is -0.459 e. The average Bonchev–Trinajstić information content (AvgIpc) is 2.85. The van der Waals surface area contributed by atoms with Crippen LogP contribution in [0.3, 0.4) is 0 Å². The van der Waals surface area contributed by atoms with Crippen molar-refractivity contribution >= 4 is 11.9 Å². The van der Waals surface area contributed by atoms with Crippen molar-refractivity contribution in [2.45, 2.75) is 77.2 Å². The molecule has 5 heteroatoms. The lowest BCUT2D eigenvalue weighted by molar-refractivity contribution is -0.00628. The first-order valence-electron chi connectivity index (χ1n) is 12.8. The maximum atomic E-state index is 13.0. The molecule has 0 aliphatic heterocycles. The van der Waals surface area contributed by atoms with E-state index in [2.05, 4.69) is 6.92 Å². The number of fused-ring (bicyclic) bond motifs is 1. The number of rotatable bonds is 8. The Morgan fingerprint density at radius 1 is 0.824 bits per heavy atom. The fraction of sp³-hybridized carbons (Fsp3) is 0.517. The number of ether oxygens (including phenoxy) is 2. The van der Waals surface area contributed by atoms with Gasteiger partial charge in [0.05, 0.1) is 11.1 Å². The van der Waals surface area contributed by atoms with Crippen LogP contribution < -0.4 is 4.74 Å². The van der Waals surface area contributed by atoms with E-state index < -0.39 is 11.8 Å². The highest BCUT2D eigenvalue weighted by Gasteiger charge is 2.36. The minimum atomic E-state index is -0.577. The molecule has 0 saturated heterocycles. The van der Waals surface area contributed by atoms with Crippen molar-refractivity contribution in [1.82, 2.24) is 0 Å². The second kappa shape index (κ2) is 11.6. The van der Waals surface area contributed by atoms with Gasteiger partial charge in [0.1, 0.15) is 17.7 Å². The summed E-state index contributed by atoms with van der Waals surface area (Å²) in [6, 6.07) is 11.5. The lowest BCUT2D eigenvalue weighted by atomic mass is 9.66. The molecule has 0 amide bonds. The summed E-state index contributed by atoms with van der Waals surface area (Å²) in [7, 11) is 0. The number of halogens is 1. The standard InChI is InChI=1S/C29H35FO4/c1-2-3-4-5-20-6-7-24-19-27(17-12-23(24)18-20)34-29(32)22-10-15-26(16-11-22)33-28(31)21-8-13-25(30)14-9-21/h8-11,13-16,20,23-24,27H,2-7,12,17-19H2,1H3/t20-,23+,24-,27+/m0/s1. The van der Waals surface area contributed by atoms with Gasteiger partial charge in [-0.3, -0.25) is 0 Å². The molecule has 4 rings (SSSR count). The molecule has 0 bridgehead atoms. The molecule has 2 saturated carbocycles. The quantitative estimate of drug-likeness (QED) is 0.232. The smallest absolute Gasteiger partial charge is 0.343 e. The van der Waals surface area contributed by atoms with E-state index in [9.17, 15) is 14.0 Å². The summed E-state index contributed by atoms with van der Waals surface area (Å²) in [6.07, 6.45) is 12.4. The second-order valence-electron chi connectivity index (χ2n) is 9.96. The largest absolute Gasteiger partial charge is 0.459 e. The Balaban J connectivity index is 1.24. The maximum absolute atomic E-state index is 13.0. The number of hydrogen-bond donors (Lipinski definition) is 0. The predicted molar refractivity (Wildman–Crippen MR) is 129 cm³/mol. The van der Waals surface area contributed by atoms with Crippen LogP contribution in [0.15, 0.2) is 48.5 Å². The van der Waals surface area contributed by atoms with Crippen molar-refractivity contribution < 1.29 is 23.5 Å². The summed E-state index contributed by atoms with van der Waals surface area (Å²) >= 11 is 0. The third-order valence-electron chi connectivity index (χ3n) is 7.54. The van der Waals surface area contributed by atoms with E-state index in [4.69, 9.17) is 9.47 Å². The molecular formula is C29H35FO4. The van der Waals surface area contributed by atoms with Gasteiger partial charge >= 0.3 is 11.9 Å². The van der Waals surface area contributed by atoms with Crippen molar-refractivity contribution in [3.05, 3.63) is 65.5 Å². The zero-order valence-electron chi connectivity index (χ0n) is 20.0. The molecular weight excluding hydrogens is 431 g/mol. The van der Waals surface area contributed by atoms with Crippen LogP contribution in [0.4, 0.5) is 4.39 Å². The van der Waals surface area contributed by atoms with Gasteiger partial charge in [0.15, 0.2) is 0 Å². The van der Waals surface area contributed by atoms with E-state index in [0.29, 0.717) is 17.2 Å². The Bertz CT molecular complexity index is 953. The lowest BCUT2D eigenvalue weighted by Crippen LogP contribution is -2.35. The van der Waals surface area contributed by atoms with E-state index in [-0.39, 0.29) is 17.6 Å². The first-order chi connectivity index (χ1) is 16.5. The Morgan fingerprint density at radius 2 is 1.47 bits per heavy atom. The van der Waals surface area contributed by atoms with Gasteiger partial charge in [-0.15, -0.1) is 0 Å². The summed E-state index contributed by atoms with van der Waals surface area (Å²) in [5.41, 5.74) is 0.707. The van der Waals surface area contributed by atoms with E-state index >= 15 is 0 Å². The van der Waals surface area contributed by atoms with Gasteiger partial charge < -0.3 is 9.47 Å². The zero-order chi connectivity index (χ0) is 23.9. The monoisotopic (exact) mass is 466 g/mol. The van der Waals surface area contributed by atoms with Gasteiger partial charge in [0, 0.05) is 0 Å². The van der Waals surface area contributed by atoms with Gasteiger partial charge in [-0.2, -0.15) is 0 Å². The summed E-state index contributed by atoms with van der Waals surface area (Å²) in [5.74, 6) is 1.38. The van der Waals surface area contributed by atoms with Crippen molar-refractivity contribution in [3.8, 4) is 5.75 Å². The summed E-state index contributed by atoms with van der Waals surface area (Å²) in [5, 5.41) is 0. The molecule has 0 unspecified atom stereocenters. The molecule has 2 aromatic rings. The van der Waals surface area contributed by atoms with Crippen LogP contribution in [0.2, 0.25) is 0 Å². The van der Waals surface area contributed by atoms with Gasteiger partial charge in [-0.1, -0.05) is 39.0 Å². The molecule has 0 spiro atoms. The number of carbonyl (C=O) groups excluding carboxylic acids is 2. The number of hydrogen-bond acceptors (Lipinski definition) is 4. The average molecular weight is 467 g/mol. The summed E-state index contributed by atoms with van der Waals surface area (Å²) < 4.78 is 24.2. The lowest BCUT2D eigenvalue weighted by Gasteiger charge is -2.42. The Kier molecular flexibility index (Phi) is 8.36. The van der Waals surface area contributed by atoms with Crippen LogP contribution in [-0.2, 0) is 4.74 Å². The van der Waals surface area contributed by atoms with Crippen LogP contribution in [0.1, 0.15) is 91.8 Å². The van der Waals surface area contributed by atoms with Crippen LogP contribution in [0.25, 0.3) is 0 Å². The molecule has 2 fully saturated rings. The molecule has 182 valence electrons. The first kappa shape index (κ1) is 24.4. The van der Waals surface area contributed by atoms with Crippen LogP contribution in [-0.4, -0.2) is 18.0 Å². The van der Waals surface area contributed by atoms with Crippen molar-refractivity contribution in [1.29, 1.82) is 0 Å². The fourth-order valence-electron chi connectivity index (χ4n) is 5.63.